The van der Waals surface area contributed by atoms with Crippen molar-refractivity contribution < 1.29 is 14.3 Å². The van der Waals surface area contributed by atoms with Gasteiger partial charge in [0, 0.05) is 19.5 Å². The molecular weight excluding hydrogens is 376 g/mol. The maximum atomic E-state index is 13.2. The van der Waals surface area contributed by atoms with Gasteiger partial charge in [0.2, 0.25) is 11.8 Å². The van der Waals surface area contributed by atoms with Gasteiger partial charge < -0.3 is 15.0 Å². The molecule has 0 fully saturated rings. The Morgan fingerprint density at radius 2 is 1.67 bits per heavy atom. The van der Waals surface area contributed by atoms with Crippen molar-refractivity contribution in [3.8, 4) is 5.75 Å². The Labute approximate surface area is 180 Å². The first-order valence-corrected chi connectivity index (χ1v) is 10.7. The second-order valence-electron chi connectivity index (χ2n) is 7.92. The van der Waals surface area contributed by atoms with Crippen LogP contribution in [0.1, 0.15) is 44.7 Å². The summed E-state index contributed by atoms with van der Waals surface area (Å²) in [7, 11) is 1.63. The summed E-state index contributed by atoms with van der Waals surface area (Å²) in [5.74, 6) is 1.02. The molecule has 0 aliphatic carbocycles. The molecule has 2 aromatic rings. The fourth-order valence-electron chi connectivity index (χ4n) is 3.31. The van der Waals surface area contributed by atoms with Gasteiger partial charge in [0.25, 0.3) is 0 Å². The van der Waals surface area contributed by atoms with Crippen LogP contribution in [0.2, 0.25) is 0 Å². The van der Waals surface area contributed by atoms with E-state index >= 15 is 0 Å². The predicted molar refractivity (Wildman–Crippen MR) is 120 cm³/mol. The first-order chi connectivity index (χ1) is 14.4. The summed E-state index contributed by atoms with van der Waals surface area (Å²) in [5.41, 5.74) is 2.09. The highest BCUT2D eigenvalue weighted by atomic mass is 16.5. The van der Waals surface area contributed by atoms with Gasteiger partial charge in [-0.1, -0.05) is 63.2 Å². The van der Waals surface area contributed by atoms with Crippen molar-refractivity contribution in [3.05, 3.63) is 65.7 Å². The van der Waals surface area contributed by atoms with E-state index in [1.54, 1.807) is 12.0 Å². The van der Waals surface area contributed by atoms with Gasteiger partial charge in [-0.15, -0.1) is 0 Å². The van der Waals surface area contributed by atoms with Crippen molar-refractivity contribution in [2.24, 2.45) is 5.92 Å². The minimum Gasteiger partial charge on any atom is -0.497 e. The van der Waals surface area contributed by atoms with Crippen LogP contribution in [0.5, 0.6) is 5.75 Å². The topological polar surface area (TPSA) is 58.6 Å². The van der Waals surface area contributed by atoms with Crippen LogP contribution in [-0.4, -0.2) is 36.4 Å². The third-order valence-corrected chi connectivity index (χ3v) is 5.05. The van der Waals surface area contributed by atoms with Crippen molar-refractivity contribution in [2.75, 3.05) is 13.7 Å². The molecule has 0 spiro atoms. The molecule has 1 atom stereocenters. The van der Waals surface area contributed by atoms with Gasteiger partial charge in [0.1, 0.15) is 11.8 Å². The number of methoxy groups -OCH3 is 1. The van der Waals surface area contributed by atoms with E-state index in [1.807, 2.05) is 61.5 Å². The molecule has 0 radical (unpaired) electrons. The molecule has 0 saturated heterocycles. The molecule has 162 valence electrons. The Bertz CT molecular complexity index is 788. The van der Waals surface area contributed by atoms with E-state index < -0.39 is 6.04 Å². The number of hydrogen-bond donors (Lipinski definition) is 1. The number of amides is 2. The summed E-state index contributed by atoms with van der Waals surface area (Å²) >= 11 is 0. The number of rotatable bonds is 11. The molecule has 5 nitrogen and oxygen atoms in total. The van der Waals surface area contributed by atoms with Crippen molar-refractivity contribution >= 4 is 11.8 Å². The number of hydrogen-bond acceptors (Lipinski definition) is 3. The number of benzene rings is 2. The standard InChI is InChI=1S/C25H34N2O3/c1-5-23(25(29)26-17-19(2)3)27(18-21-11-14-22(30-4)15-12-21)24(28)16-13-20-9-7-6-8-10-20/h6-12,14-15,19,23H,5,13,16-18H2,1-4H3,(H,26,29)/t23-/m0/s1. The predicted octanol–water partition coefficient (Wildman–Crippen LogP) is 4.21. The monoisotopic (exact) mass is 410 g/mol. The van der Waals surface area contributed by atoms with E-state index in [0.29, 0.717) is 38.3 Å². The first-order valence-electron chi connectivity index (χ1n) is 10.7. The van der Waals surface area contributed by atoms with Gasteiger partial charge in [0.15, 0.2) is 0 Å². The lowest BCUT2D eigenvalue weighted by molar-refractivity contribution is -0.141. The summed E-state index contributed by atoms with van der Waals surface area (Å²) in [6, 6.07) is 17.1. The summed E-state index contributed by atoms with van der Waals surface area (Å²) in [6.45, 7) is 7.06. The van der Waals surface area contributed by atoms with Crippen LogP contribution < -0.4 is 10.1 Å². The molecule has 0 bridgehead atoms. The Morgan fingerprint density at radius 1 is 1.00 bits per heavy atom. The van der Waals surface area contributed by atoms with Gasteiger partial charge in [-0.2, -0.15) is 0 Å². The zero-order chi connectivity index (χ0) is 21.9. The maximum absolute atomic E-state index is 13.2. The quantitative estimate of drug-likeness (QED) is 0.604. The van der Waals surface area contributed by atoms with Gasteiger partial charge in [0.05, 0.1) is 7.11 Å². The average molecular weight is 411 g/mol. The van der Waals surface area contributed by atoms with Crippen LogP contribution in [0, 0.1) is 5.92 Å². The molecule has 0 unspecified atom stereocenters. The highest BCUT2D eigenvalue weighted by Gasteiger charge is 2.28. The van der Waals surface area contributed by atoms with Gasteiger partial charge in [-0.05, 0) is 42.0 Å². The summed E-state index contributed by atoms with van der Waals surface area (Å²) in [5, 5.41) is 2.99. The van der Waals surface area contributed by atoms with E-state index in [1.165, 1.54) is 0 Å². The van der Waals surface area contributed by atoms with Gasteiger partial charge in [-0.25, -0.2) is 0 Å². The summed E-state index contributed by atoms with van der Waals surface area (Å²) < 4.78 is 5.23. The SMILES string of the molecule is CC[C@@H](C(=O)NCC(C)C)N(Cc1ccc(OC)cc1)C(=O)CCc1ccccc1. The molecule has 0 aliphatic heterocycles. The van der Waals surface area contributed by atoms with Gasteiger partial charge in [-0.3, -0.25) is 9.59 Å². The molecule has 2 aromatic carbocycles. The van der Waals surface area contributed by atoms with Crippen molar-refractivity contribution in [3.63, 3.8) is 0 Å². The highest BCUT2D eigenvalue weighted by Crippen LogP contribution is 2.18. The second-order valence-corrected chi connectivity index (χ2v) is 7.92. The van der Waals surface area contributed by atoms with Crippen LogP contribution in [0.25, 0.3) is 0 Å². The van der Waals surface area contributed by atoms with E-state index in [9.17, 15) is 9.59 Å². The van der Waals surface area contributed by atoms with Crippen molar-refractivity contribution in [1.29, 1.82) is 0 Å². The number of carbonyl (C=O) groups excluding carboxylic acids is 2. The van der Waals surface area contributed by atoms with Gasteiger partial charge >= 0.3 is 0 Å². The van der Waals surface area contributed by atoms with E-state index in [-0.39, 0.29) is 11.8 Å². The fourth-order valence-corrected chi connectivity index (χ4v) is 3.31. The zero-order valence-corrected chi connectivity index (χ0v) is 18.6. The average Bonchev–Trinajstić information content (AvgIpc) is 2.77. The van der Waals surface area contributed by atoms with Crippen LogP contribution in [-0.2, 0) is 22.6 Å². The highest BCUT2D eigenvalue weighted by molar-refractivity contribution is 5.87. The zero-order valence-electron chi connectivity index (χ0n) is 18.6. The van der Waals surface area contributed by atoms with Crippen LogP contribution >= 0.6 is 0 Å². The fraction of sp³-hybridized carbons (Fsp3) is 0.440. The van der Waals surface area contributed by atoms with E-state index in [4.69, 9.17) is 4.74 Å². The Hall–Kier alpha value is -2.82. The molecule has 5 heteroatoms. The third-order valence-electron chi connectivity index (χ3n) is 5.05. The van der Waals surface area contributed by atoms with Crippen LogP contribution in [0.15, 0.2) is 54.6 Å². The lowest BCUT2D eigenvalue weighted by Crippen LogP contribution is -2.49. The number of aryl methyl sites for hydroxylation is 1. The number of ether oxygens (including phenoxy) is 1. The lowest BCUT2D eigenvalue weighted by Gasteiger charge is -2.31. The molecule has 0 aromatic heterocycles. The molecule has 2 amide bonds. The largest absolute Gasteiger partial charge is 0.497 e. The van der Waals surface area contributed by atoms with E-state index in [0.717, 1.165) is 16.9 Å². The summed E-state index contributed by atoms with van der Waals surface area (Å²) in [6.07, 6.45) is 1.59. The maximum Gasteiger partial charge on any atom is 0.242 e. The molecule has 30 heavy (non-hydrogen) atoms. The molecule has 2 rings (SSSR count). The van der Waals surface area contributed by atoms with Crippen molar-refractivity contribution in [2.45, 2.75) is 52.6 Å². The van der Waals surface area contributed by atoms with Crippen LogP contribution in [0.3, 0.4) is 0 Å². The number of nitrogens with one attached hydrogen (secondary N) is 1. The minimum absolute atomic E-state index is 0.0128. The Morgan fingerprint density at radius 3 is 2.23 bits per heavy atom. The number of carbonyl (C=O) groups is 2. The molecule has 0 aliphatic rings. The van der Waals surface area contributed by atoms with E-state index in [2.05, 4.69) is 19.2 Å². The molecular formula is C25H34N2O3. The molecule has 0 heterocycles. The summed E-state index contributed by atoms with van der Waals surface area (Å²) in [4.78, 5) is 27.8. The molecule has 1 N–H and O–H groups in total. The first kappa shape index (κ1) is 23.5. The second kappa shape index (κ2) is 12.0. The normalized spacial score (nSPS) is 11.8. The lowest BCUT2D eigenvalue weighted by atomic mass is 10.1. The smallest absolute Gasteiger partial charge is 0.242 e. The minimum atomic E-state index is -0.492. The number of nitrogens with zero attached hydrogens (tertiary/aromatic N) is 1. The molecule has 0 saturated carbocycles. The Balaban J connectivity index is 2.17. The Kier molecular flexibility index (Phi) is 9.39. The van der Waals surface area contributed by atoms with Crippen LogP contribution in [0.4, 0.5) is 0 Å². The third kappa shape index (κ3) is 7.21. The van der Waals surface area contributed by atoms with Crippen molar-refractivity contribution in [1.82, 2.24) is 10.2 Å².